The molecule has 0 aliphatic carbocycles. The van der Waals surface area contributed by atoms with Gasteiger partial charge in [-0.15, -0.1) is 0 Å². The number of nitrogens with one attached hydrogen (secondary N) is 1. The maximum atomic E-state index is 8.02. The van der Waals surface area contributed by atoms with Gasteiger partial charge in [0.15, 0.2) is 0 Å². The number of pyridine rings is 1. The van der Waals surface area contributed by atoms with E-state index in [9.17, 15) is 0 Å². The maximum Gasteiger partial charge on any atom is 0.132 e. The van der Waals surface area contributed by atoms with Crippen LogP contribution in [0.15, 0.2) is 42.6 Å². The van der Waals surface area contributed by atoms with Crippen LogP contribution in [0.5, 0.6) is 0 Å². The number of anilines is 1. The first kappa shape index (κ1) is 10.6. The first-order valence-corrected chi connectivity index (χ1v) is 5.11. The van der Waals surface area contributed by atoms with Crippen LogP contribution in [0.3, 0.4) is 0 Å². The highest BCUT2D eigenvalue weighted by Crippen LogP contribution is 2.16. The molecule has 0 unspecified atom stereocenters. The minimum Gasteiger partial charge on any atom is -0.383 e. The Morgan fingerprint density at radius 1 is 1.19 bits per heavy atom. The summed E-state index contributed by atoms with van der Waals surface area (Å²) in [6.07, 6.45) is 1.61. The predicted molar refractivity (Wildman–Crippen MR) is 66.0 cm³/mol. The molecule has 0 bridgehead atoms. The van der Waals surface area contributed by atoms with Crippen LogP contribution in [0.25, 0.3) is 0 Å². The topological polar surface area (TPSA) is 62.8 Å². The highest BCUT2D eigenvalue weighted by molar-refractivity contribution is 6.30. The van der Waals surface area contributed by atoms with E-state index in [4.69, 9.17) is 22.7 Å². The fourth-order valence-corrected chi connectivity index (χ4v) is 1.53. The van der Waals surface area contributed by atoms with Crippen molar-refractivity contribution >= 4 is 23.1 Å². The maximum absolute atomic E-state index is 8.02. The van der Waals surface area contributed by atoms with Crippen molar-refractivity contribution in [2.24, 2.45) is 0 Å². The van der Waals surface area contributed by atoms with E-state index in [1.54, 1.807) is 42.6 Å². The summed E-state index contributed by atoms with van der Waals surface area (Å²) in [5.74, 6) is 0.363. The number of nitrogen functional groups attached to an aromatic ring is 1. The molecule has 4 heteroatoms. The second-order valence-electron chi connectivity index (χ2n) is 3.32. The quantitative estimate of drug-likeness (QED) is 0.781. The predicted octanol–water partition coefficient (Wildman–Crippen LogP) is 2.73. The summed E-state index contributed by atoms with van der Waals surface area (Å²) >= 11 is 5.79. The summed E-state index contributed by atoms with van der Waals surface area (Å²) in [7, 11) is 0. The van der Waals surface area contributed by atoms with Gasteiger partial charge in [0.2, 0.25) is 0 Å². The second-order valence-corrected chi connectivity index (χ2v) is 3.75. The number of halogens is 1. The van der Waals surface area contributed by atoms with Crippen LogP contribution >= 0.6 is 11.6 Å². The number of nitrogens with zero attached hydrogens (tertiary/aromatic N) is 1. The van der Waals surface area contributed by atoms with Gasteiger partial charge in [0.05, 0.1) is 5.71 Å². The fourth-order valence-electron chi connectivity index (χ4n) is 1.40. The lowest BCUT2D eigenvalue weighted by Crippen LogP contribution is -2.06. The summed E-state index contributed by atoms with van der Waals surface area (Å²) in [6.45, 7) is 0. The zero-order valence-corrected chi connectivity index (χ0v) is 9.20. The van der Waals surface area contributed by atoms with E-state index in [1.165, 1.54) is 0 Å². The molecule has 0 saturated heterocycles. The molecule has 3 nitrogen and oxygen atoms in total. The number of rotatable bonds is 2. The van der Waals surface area contributed by atoms with Gasteiger partial charge in [-0.1, -0.05) is 23.7 Å². The number of hydrogen-bond acceptors (Lipinski definition) is 3. The number of benzene rings is 1. The van der Waals surface area contributed by atoms with E-state index >= 15 is 0 Å². The van der Waals surface area contributed by atoms with Gasteiger partial charge >= 0.3 is 0 Å². The van der Waals surface area contributed by atoms with Crippen molar-refractivity contribution in [1.29, 1.82) is 5.41 Å². The van der Waals surface area contributed by atoms with Gasteiger partial charge in [-0.25, -0.2) is 4.98 Å². The van der Waals surface area contributed by atoms with Crippen LogP contribution in [0, 0.1) is 5.41 Å². The molecular formula is C12H10ClN3. The van der Waals surface area contributed by atoms with Crippen LogP contribution in [-0.4, -0.2) is 10.7 Å². The number of nitrogens with two attached hydrogens (primary N) is 1. The van der Waals surface area contributed by atoms with E-state index in [0.717, 1.165) is 5.56 Å². The Labute approximate surface area is 98.4 Å². The van der Waals surface area contributed by atoms with E-state index in [0.29, 0.717) is 22.1 Å². The van der Waals surface area contributed by atoms with Gasteiger partial charge in [-0.05, 0) is 24.3 Å². The summed E-state index contributed by atoms with van der Waals surface area (Å²) in [5, 5.41) is 8.67. The molecular weight excluding hydrogens is 222 g/mol. The number of hydrogen-bond donors (Lipinski definition) is 2. The lowest BCUT2D eigenvalue weighted by atomic mass is 10.0. The standard InChI is InChI=1S/C12H10ClN3/c13-9-5-3-8(4-6-9)11(14)10-2-1-7-16-12(10)15/h1-7,14H,(H2,15,16). The van der Waals surface area contributed by atoms with Gasteiger partial charge in [0.25, 0.3) is 0 Å². The zero-order chi connectivity index (χ0) is 11.5. The Kier molecular flexibility index (Phi) is 2.88. The van der Waals surface area contributed by atoms with Crippen molar-refractivity contribution in [2.45, 2.75) is 0 Å². The normalized spacial score (nSPS) is 10.1. The lowest BCUT2D eigenvalue weighted by molar-refractivity contribution is 1.31. The third-order valence-electron chi connectivity index (χ3n) is 2.24. The molecule has 0 aliphatic rings. The molecule has 1 aromatic heterocycles. The Morgan fingerprint density at radius 2 is 1.88 bits per heavy atom. The molecule has 2 aromatic rings. The Balaban J connectivity index is 2.40. The van der Waals surface area contributed by atoms with Gasteiger partial charge in [-0.2, -0.15) is 0 Å². The molecule has 16 heavy (non-hydrogen) atoms. The first-order valence-electron chi connectivity index (χ1n) is 4.74. The third kappa shape index (κ3) is 2.04. The van der Waals surface area contributed by atoms with Crippen molar-refractivity contribution < 1.29 is 0 Å². The summed E-state index contributed by atoms with van der Waals surface area (Å²) in [4.78, 5) is 3.95. The van der Waals surface area contributed by atoms with Crippen LogP contribution in [0.4, 0.5) is 5.82 Å². The first-order chi connectivity index (χ1) is 7.68. The Hall–Kier alpha value is -1.87. The minimum absolute atomic E-state index is 0.349. The van der Waals surface area contributed by atoms with Gasteiger partial charge < -0.3 is 5.73 Å². The molecule has 0 fully saturated rings. The van der Waals surface area contributed by atoms with Crippen LogP contribution in [-0.2, 0) is 0 Å². The van der Waals surface area contributed by atoms with Crippen molar-refractivity contribution in [1.82, 2.24) is 4.98 Å². The van der Waals surface area contributed by atoms with Crippen molar-refractivity contribution in [3.8, 4) is 0 Å². The molecule has 0 radical (unpaired) electrons. The molecule has 80 valence electrons. The van der Waals surface area contributed by atoms with Crippen LogP contribution in [0.2, 0.25) is 5.02 Å². The molecule has 2 rings (SSSR count). The largest absolute Gasteiger partial charge is 0.383 e. The fraction of sp³-hybridized carbons (Fsp3) is 0. The summed E-state index contributed by atoms with van der Waals surface area (Å²) in [6, 6.07) is 10.6. The summed E-state index contributed by atoms with van der Waals surface area (Å²) in [5.41, 5.74) is 7.46. The van der Waals surface area contributed by atoms with E-state index < -0.39 is 0 Å². The molecule has 0 spiro atoms. The van der Waals surface area contributed by atoms with Crippen LogP contribution in [0.1, 0.15) is 11.1 Å². The Morgan fingerprint density at radius 3 is 2.50 bits per heavy atom. The highest BCUT2D eigenvalue weighted by Gasteiger charge is 2.08. The van der Waals surface area contributed by atoms with E-state index in [-0.39, 0.29) is 0 Å². The molecule has 0 saturated carbocycles. The van der Waals surface area contributed by atoms with Crippen LogP contribution < -0.4 is 5.73 Å². The summed E-state index contributed by atoms with van der Waals surface area (Å²) < 4.78 is 0. The highest BCUT2D eigenvalue weighted by atomic mass is 35.5. The molecule has 3 N–H and O–H groups in total. The average Bonchev–Trinajstić information content (AvgIpc) is 2.30. The van der Waals surface area contributed by atoms with Gasteiger partial charge in [-0.3, -0.25) is 5.41 Å². The average molecular weight is 232 g/mol. The molecule has 1 aromatic carbocycles. The molecule has 0 aliphatic heterocycles. The Bertz CT molecular complexity index is 520. The van der Waals surface area contributed by atoms with Crippen molar-refractivity contribution in [3.05, 3.63) is 58.7 Å². The van der Waals surface area contributed by atoms with E-state index in [1.807, 2.05) is 0 Å². The zero-order valence-electron chi connectivity index (χ0n) is 8.44. The molecule has 0 amide bonds. The second kappa shape index (κ2) is 4.33. The SMILES string of the molecule is N=C(c1ccc(Cl)cc1)c1cccnc1N. The van der Waals surface area contributed by atoms with E-state index in [2.05, 4.69) is 4.98 Å². The van der Waals surface area contributed by atoms with Crippen molar-refractivity contribution in [2.75, 3.05) is 5.73 Å². The minimum atomic E-state index is 0.349. The number of aromatic nitrogens is 1. The van der Waals surface area contributed by atoms with Crippen molar-refractivity contribution in [3.63, 3.8) is 0 Å². The lowest BCUT2D eigenvalue weighted by Gasteiger charge is -2.06. The molecule has 1 heterocycles. The van der Waals surface area contributed by atoms with Gasteiger partial charge in [0, 0.05) is 22.3 Å². The smallest absolute Gasteiger partial charge is 0.132 e. The molecule has 0 atom stereocenters. The monoisotopic (exact) mass is 231 g/mol. The van der Waals surface area contributed by atoms with Gasteiger partial charge in [0.1, 0.15) is 5.82 Å². The third-order valence-corrected chi connectivity index (χ3v) is 2.49.